The van der Waals surface area contributed by atoms with E-state index in [1.807, 2.05) is 13.0 Å². The molecule has 0 bridgehead atoms. The van der Waals surface area contributed by atoms with Crippen molar-refractivity contribution in [2.75, 3.05) is 20.1 Å². The maximum atomic E-state index is 12.2. The van der Waals surface area contributed by atoms with Gasteiger partial charge >= 0.3 is 0 Å². The van der Waals surface area contributed by atoms with Crippen LogP contribution in [0.2, 0.25) is 0 Å². The first kappa shape index (κ1) is 13.0. The summed E-state index contributed by atoms with van der Waals surface area (Å²) in [6, 6.07) is 1.88. The highest BCUT2D eigenvalue weighted by Gasteiger charge is 2.30. The molecule has 98 valence electrons. The maximum absolute atomic E-state index is 12.2. The Morgan fingerprint density at radius 1 is 1.39 bits per heavy atom. The van der Waals surface area contributed by atoms with Crippen molar-refractivity contribution in [2.45, 2.75) is 32.2 Å². The van der Waals surface area contributed by atoms with Gasteiger partial charge in [-0.05, 0) is 45.4 Å². The summed E-state index contributed by atoms with van der Waals surface area (Å²) in [5.41, 5.74) is 1.57. The smallest absolute Gasteiger partial charge is 0.253 e. The number of likely N-dealkylation sites (tertiary alicyclic amines) is 1. The van der Waals surface area contributed by atoms with Crippen molar-refractivity contribution in [2.24, 2.45) is 0 Å². The Bertz CT molecular complexity index is 436. The molecule has 0 unspecified atom stereocenters. The summed E-state index contributed by atoms with van der Waals surface area (Å²) in [7, 11) is 2.12. The third kappa shape index (κ3) is 3.07. The number of carbonyl (C=O) groups excluding carboxylic acids is 1. The number of piperidine rings is 1. The Morgan fingerprint density at radius 3 is 2.67 bits per heavy atom. The van der Waals surface area contributed by atoms with Gasteiger partial charge in [-0.2, -0.15) is 0 Å². The molecule has 1 fully saturated rings. The number of aromatic nitrogens is 1. The third-order valence-corrected chi connectivity index (χ3v) is 3.64. The molecule has 0 saturated carbocycles. The predicted molar refractivity (Wildman–Crippen MR) is 71.6 cm³/mol. The van der Waals surface area contributed by atoms with Crippen molar-refractivity contribution in [3.8, 4) is 0 Å². The number of nitrogens with zero attached hydrogens (tertiary/aromatic N) is 2. The molecule has 2 heterocycles. The molecular weight excluding hydrogens is 226 g/mol. The average molecular weight is 247 g/mol. The SMILES string of the molecule is Cc1cncc(C(=O)NC2(C)CCN(C)CC2)c1. The summed E-state index contributed by atoms with van der Waals surface area (Å²) >= 11 is 0. The van der Waals surface area contributed by atoms with Crippen molar-refractivity contribution in [1.29, 1.82) is 0 Å². The normalized spacial score (nSPS) is 19.5. The number of aryl methyl sites for hydroxylation is 1. The van der Waals surface area contributed by atoms with E-state index in [-0.39, 0.29) is 11.4 Å². The molecule has 1 aliphatic rings. The predicted octanol–water partition coefficient (Wildman–Crippen LogP) is 1.60. The minimum Gasteiger partial charge on any atom is -0.347 e. The average Bonchev–Trinajstić information content (AvgIpc) is 2.33. The number of pyridine rings is 1. The first-order valence-corrected chi connectivity index (χ1v) is 6.41. The van der Waals surface area contributed by atoms with Crippen molar-refractivity contribution in [1.82, 2.24) is 15.2 Å². The van der Waals surface area contributed by atoms with Crippen molar-refractivity contribution < 1.29 is 4.79 Å². The largest absolute Gasteiger partial charge is 0.347 e. The fourth-order valence-corrected chi connectivity index (χ4v) is 2.26. The third-order valence-electron chi connectivity index (χ3n) is 3.64. The van der Waals surface area contributed by atoms with Crippen LogP contribution >= 0.6 is 0 Å². The summed E-state index contributed by atoms with van der Waals surface area (Å²) in [6.45, 7) is 6.13. The minimum atomic E-state index is -0.0899. The fourth-order valence-electron chi connectivity index (χ4n) is 2.26. The summed E-state index contributed by atoms with van der Waals surface area (Å²) in [5.74, 6) is -0.0155. The van der Waals surface area contributed by atoms with Gasteiger partial charge in [0.2, 0.25) is 0 Å². The van der Waals surface area contributed by atoms with E-state index < -0.39 is 0 Å². The number of nitrogens with one attached hydrogen (secondary N) is 1. The van der Waals surface area contributed by atoms with Gasteiger partial charge in [0.15, 0.2) is 0 Å². The Kier molecular flexibility index (Phi) is 3.66. The Morgan fingerprint density at radius 2 is 2.06 bits per heavy atom. The van der Waals surface area contributed by atoms with E-state index in [1.54, 1.807) is 12.4 Å². The van der Waals surface area contributed by atoms with Crippen molar-refractivity contribution in [3.63, 3.8) is 0 Å². The Labute approximate surface area is 108 Å². The zero-order chi connectivity index (χ0) is 13.2. The van der Waals surface area contributed by atoms with Crippen LogP contribution in [0, 0.1) is 6.92 Å². The van der Waals surface area contributed by atoms with Crippen LogP contribution in [0.15, 0.2) is 18.5 Å². The molecule has 0 aliphatic carbocycles. The van der Waals surface area contributed by atoms with E-state index in [0.29, 0.717) is 5.56 Å². The van der Waals surface area contributed by atoms with E-state index in [0.717, 1.165) is 31.5 Å². The monoisotopic (exact) mass is 247 g/mol. The molecule has 0 aromatic carbocycles. The van der Waals surface area contributed by atoms with Crippen LogP contribution in [0.4, 0.5) is 0 Å². The van der Waals surface area contributed by atoms with Gasteiger partial charge < -0.3 is 10.2 Å². The molecule has 4 heteroatoms. The van der Waals surface area contributed by atoms with Gasteiger partial charge in [0, 0.05) is 31.0 Å². The van der Waals surface area contributed by atoms with Crippen LogP contribution < -0.4 is 5.32 Å². The van der Waals surface area contributed by atoms with E-state index in [1.165, 1.54) is 0 Å². The standard InChI is InChI=1S/C14H21N3O/c1-11-8-12(10-15-9-11)13(18)16-14(2)4-6-17(3)7-5-14/h8-10H,4-7H2,1-3H3,(H,16,18). The molecule has 1 N–H and O–H groups in total. The van der Waals surface area contributed by atoms with E-state index in [2.05, 4.69) is 29.2 Å². The minimum absolute atomic E-state index is 0.0155. The summed E-state index contributed by atoms with van der Waals surface area (Å²) in [6.07, 6.45) is 5.37. The van der Waals surface area contributed by atoms with Gasteiger partial charge in [-0.1, -0.05) is 0 Å². The zero-order valence-corrected chi connectivity index (χ0v) is 11.4. The van der Waals surface area contributed by atoms with Gasteiger partial charge in [0.25, 0.3) is 5.91 Å². The Hall–Kier alpha value is -1.42. The number of hydrogen-bond acceptors (Lipinski definition) is 3. The van der Waals surface area contributed by atoms with Crippen LogP contribution in [0.5, 0.6) is 0 Å². The number of rotatable bonds is 2. The number of amides is 1. The van der Waals surface area contributed by atoms with Gasteiger partial charge in [-0.3, -0.25) is 9.78 Å². The van der Waals surface area contributed by atoms with Crippen molar-refractivity contribution in [3.05, 3.63) is 29.6 Å². The molecule has 0 spiro atoms. The second-order valence-electron chi connectivity index (χ2n) is 5.57. The van der Waals surface area contributed by atoms with Gasteiger partial charge in [0.05, 0.1) is 5.56 Å². The summed E-state index contributed by atoms with van der Waals surface area (Å²) < 4.78 is 0. The molecule has 18 heavy (non-hydrogen) atoms. The lowest BCUT2D eigenvalue weighted by Gasteiger charge is -2.38. The molecule has 4 nitrogen and oxygen atoms in total. The van der Waals surface area contributed by atoms with Crippen LogP contribution in [0.3, 0.4) is 0 Å². The van der Waals surface area contributed by atoms with Crippen LogP contribution in [0.1, 0.15) is 35.7 Å². The highest BCUT2D eigenvalue weighted by Crippen LogP contribution is 2.21. The first-order valence-electron chi connectivity index (χ1n) is 6.41. The zero-order valence-electron chi connectivity index (χ0n) is 11.4. The van der Waals surface area contributed by atoms with Crippen molar-refractivity contribution >= 4 is 5.91 Å². The van der Waals surface area contributed by atoms with E-state index >= 15 is 0 Å². The van der Waals surface area contributed by atoms with Gasteiger partial charge in [-0.25, -0.2) is 0 Å². The molecule has 1 saturated heterocycles. The molecule has 1 aromatic rings. The van der Waals surface area contributed by atoms with E-state index in [9.17, 15) is 4.79 Å². The van der Waals surface area contributed by atoms with Crippen LogP contribution in [0.25, 0.3) is 0 Å². The lowest BCUT2D eigenvalue weighted by molar-refractivity contribution is 0.0851. The highest BCUT2D eigenvalue weighted by atomic mass is 16.1. The molecule has 0 radical (unpaired) electrons. The molecule has 2 rings (SSSR count). The topological polar surface area (TPSA) is 45.2 Å². The molecule has 1 aliphatic heterocycles. The van der Waals surface area contributed by atoms with E-state index in [4.69, 9.17) is 0 Å². The molecular formula is C14H21N3O. The second kappa shape index (κ2) is 5.06. The summed E-state index contributed by atoms with van der Waals surface area (Å²) in [5, 5.41) is 3.15. The van der Waals surface area contributed by atoms with Gasteiger partial charge in [0.1, 0.15) is 0 Å². The number of hydrogen-bond donors (Lipinski definition) is 1. The van der Waals surface area contributed by atoms with Crippen LogP contribution in [-0.4, -0.2) is 41.5 Å². The fraction of sp³-hybridized carbons (Fsp3) is 0.571. The number of carbonyl (C=O) groups is 1. The molecule has 1 aromatic heterocycles. The lowest BCUT2D eigenvalue weighted by atomic mass is 9.89. The second-order valence-corrected chi connectivity index (χ2v) is 5.57. The molecule has 1 amide bonds. The highest BCUT2D eigenvalue weighted by molar-refractivity contribution is 5.94. The quantitative estimate of drug-likeness (QED) is 0.863. The first-order chi connectivity index (χ1) is 8.48. The van der Waals surface area contributed by atoms with Gasteiger partial charge in [-0.15, -0.1) is 0 Å². The summed E-state index contributed by atoms with van der Waals surface area (Å²) in [4.78, 5) is 18.5. The maximum Gasteiger partial charge on any atom is 0.253 e. The lowest BCUT2D eigenvalue weighted by Crippen LogP contribution is -2.52. The Balaban J connectivity index is 2.03. The molecule has 0 atom stereocenters. The van der Waals surface area contributed by atoms with Crippen LogP contribution in [-0.2, 0) is 0 Å².